The van der Waals surface area contributed by atoms with Gasteiger partial charge in [0.25, 0.3) is 0 Å². The number of rotatable bonds is 10. The molecule has 0 bridgehead atoms. The number of aromatic amines is 1. The van der Waals surface area contributed by atoms with Gasteiger partial charge < -0.3 is 30.2 Å². The average Bonchev–Trinajstić information content (AvgIpc) is 3.27. The van der Waals surface area contributed by atoms with E-state index in [0.717, 1.165) is 0 Å². The number of carbonyl (C=O) groups excluding carboxylic acids is 1. The minimum absolute atomic E-state index is 0.0654. The van der Waals surface area contributed by atoms with Gasteiger partial charge in [-0.3, -0.25) is 4.79 Å². The van der Waals surface area contributed by atoms with Crippen LogP contribution in [0.5, 0.6) is 11.5 Å². The van der Waals surface area contributed by atoms with Crippen LogP contribution in [0.2, 0.25) is 5.02 Å². The predicted molar refractivity (Wildman–Crippen MR) is 133 cm³/mol. The normalized spacial score (nSPS) is 12.8. The lowest BCUT2D eigenvalue weighted by Gasteiger charge is -2.20. The number of pyridine rings is 1. The highest BCUT2D eigenvalue weighted by molar-refractivity contribution is 6.31. The van der Waals surface area contributed by atoms with Crippen molar-refractivity contribution in [2.45, 2.75) is 19.1 Å². The number of nitrogens with one attached hydrogen (secondary N) is 3. The second kappa shape index (κ2) is 10.7. The molecular formula is C25H24ClFN4O4. The lowest BCUT2D eigenvalue weighted by atomic mass is 10.00. The summed E-state index contributed by atoms with van der Waals surface area (Å²) in [5, 5.41) is 18.1. The zero-order valence-electron chi connectivity index (χ0n) is 19.0. The Kier molecular flexibility index (Phi) is 7.50. The molecule has 2 unspecified atom stereocenters. The molecule has 4 N–H and O–H groups in total. The van der Waals surface area contributed by atoms with Crippen LogP contribution in [0.3, 0.4) is 0 Å². The Morgan fingerprint density at radius 1 is 1.26 bits per heavy atom. The zero-order valence-corrected chi connectivity index (χ0v) is 19.8. The molecule has 0 fully saturated rings. The SMILES string of the molecule is COCC(C)Nc1c(NC=O)cnc2[nH]cc(C(O)c3ccc(Oc4ccccc4F)cc3Cl)c12. The van der Waals surface area contributed by atoms with E-state index < -0.39 is 11.9 Å². The highest BCUT2D eigenvalue weighted by atomic mass is 35.5. The number of fused-ring (bicyclic) bond motifs is 1. The molecule has 8 nitrogen and oxygen atoms in total. The number of hydrogen-bond acceptors (Lipinski definition) is 6. The minimum Gasteiger partial charge on any atom is -0.454 e. The van der Waals surface area contributed by atoms with Crippen molar-refractivity contribution in [3.05, 3.63) is 76.8 Å². The third kappa shape index (κ3) is 5.22. The first-order chi connectivity index (χ1) is 16.9. The molecule has 182 valence electrons. The maximum Gasteiger partial charge on any atom is 0.211 e. The lowest BCUT2D eigenvalue weighted by molar-refractivity contribution is -0.105. The fraction of sp³-hybridized carbons (Fsp3) is 0.200. The Morgan fingerprint density at radius 3 is 2.77 bits per heavy atom. The van der Waals surface area contributed by atoms with Crippen LogP contribution in [-0.4, -0.2) is 41.2 Å². The average molecular weight is 499 g/mol. The van der Waals surface area contributed by atoms with Crippen molar-refractivity contribution in [3.8, 4) is 11.5 Å². The van der Waals surface area contributed by atoms with Gasteiger partial charge in [0.2, 0.25) is 6.41 Å². The number of H-pyrrole nitrogens is 1. The first-order valence-corrected chi connectivity index (χ1v) is 11.2. The maximum absolute atomic E-state index is 13.9. The fourth-order valence-electron chi connectivity index (χ4n) is 3.81. The van der Waals surface area contributed by atoms with E-state index in [9.17, 15) is 14.3 Å². The van der Waals surface area contributed by atoms with E-state index >= 15 is 0 Å². The van der Waals surface area contributed by atoms with Gasteiger partial charge in [0.05, 0.1) is 34.6 Å². The summed E-state index contributed by atoms with van der Waals surface area (Å²) in [6.45, 7) is 2.34. The van der Waals surface area contributed by atoms with E-state index in [2.05, 4.69) is 20.6 Å². The summed E-state index contributed by atoms with van der Waals surface area (Å²) in [7, 11) is 1.60. The van der Waals surface area contributed by atoms with Gasteiger partial charge in [-0.15, -0.1) is 0 Å². The number of carbonyl (C=O) groups is 1. The second-order valence-electron chi connectivity index (χ2n) is 7.90. The van der Waals surface area contributed by atoms with Crippen molar-refractivity contribution in [2.75, 3.05) is 24.4 Å². The Labute approximate surface area is 206 Å². The standard InChI is InChI=1S/C25H24ClFN4O4/c1-14(12-34-2)31-23-20(30-13-32)11-29-25-22(23)17(10-28-25)24(33)16-8-7-15(9-18(16)26)35-21-6-4-3-5-19(21)27/h3-11,13-14,24,33H,12H2,1-2H3,(H,30,32)(H2,28,29,31). The molecule has 1 amide bonds. The number of benzene rings is 2. The summed E-state index contributed by atoms with van der Waals surface area (Å²) in [4.78, 5) is 18.6. The van der Waals surface area contributed by atoms with Crippen LogP contribution < -0.4 is 15.4 Å². The number of aliphatic hydroxyl groups excluding tert-OH is 1. The molecule has 0 aliphatic rings. The van der Waals surface area contributed by atoms with Crippen molar-refractivity contribution >= 4 is 40.4 Å². The molecule has 0 radical (unpaired) electrons. The number of para-hydroxylation sites is 1. The molecular weight excluding hydrogens is 475 g/mol. The molecule has 0 aliphatic heterocycles. The molecule has 2 aromatic carbocycles. The molecule has 4 aromatic rings. The number of anilines is 2. The van der Waals surface area contributed by atoms with Crippen molar-refractivity contribution in [3.63, 3.8) is 0 Å². The number of aromatic nitrogens is 2. The van der Waals surface area contributed by atoms with E-state index in [4.69, 9.17) is 21.1 Å². The molecule has 0 aliphatic carbocycles. The van der Waals surface area contributed by atoms with Gasteiger partial charge in [0, 0.05) is 30.5 Å². The van der Waals surface area contributed by atoms with Crippen molar-refractivity contribution in [2.24, 2.45) is 0 Å². The largest absolute Gasteiger partial charge is 0.454 e. The van der Waals surface area contributed by atoms with Crippen molar-refractivity contribution in [1.29, 1.82) is 0 Å². The smallest absolute Gasteiger partial charge is 0.211 e. The third-order valence-corrected chi connectivity index (χ3v) is 5.71. The van der Waals surface area contributed by atoms with Crippen molar-refractivity contribution in [1.82, 2.24) is 9.97 Å². The summed E-state index contributed by atoms with van der Waals surface area (Å²) in [6, 6.07) is 10.7. The number of aliphatic hydroxyl groups is 1. The van der Waals surface area contributed by atoms with Crippen LogP contribution in [0.1, 0.15) is 24.2 Å². The van der Waals surface area contributed by atoms with Crippen LogP contribution in [0, 0.1) is 5.82 Å². The van der Waals surface area contributed by atoms with Gasteiger partial charge >= 0.3 is 0 Å². The first kappa shape index (κ1) is 24.5. The number of hydrogen-bond donors (Lipinski definition) is 4. The van der Waals surface area contributed by atoms with Crippen molar-refractivity contribution < 1.29 is 23.8 Å². The number of ether oxygens (including phenoxy) is 2. The lowest BCUT2D eigenvalue weighted by Crippen LogP contribution is -2.22. The summed E-state index contributed by atoms with van der Waals surface area (Å²) in [6.07, 6.45) is 2.58. The predicted octanol–water partition coefficient (Wildman–Crippen LogP) is 5.24. The van der Waals surface area contributed by atoms with E-state index in [1.807, 2.05) is 6.92 Å². The molecule has 35 heavy (non-hydrogen) atoms. The number of methoxy groups -OCH3 is 1. The molecule has 10 heteroatoms. The van der Waals surface area contributed by atoms with Gasteiger partial charge in [-0.25, -0.2) is 9.37 Å². The number of amides is 1. The Balaban J connectivity index is 1.71. The van der Waals surface area contributed by atoms with E-state index in [0.29, 0.717) is 52.3 Å². The van der Waals surface area contributed by atoms with Crippen LogP contribution in [0.25, 0.3) is 11.0 Å². The third-order valence-electron chi connectivity index (χ3n) is 5.38. The van der Waals surface area contributed by atoms with Gasteiger partial charge in [0.1, 0.15) is 17.5 Å². The zero-order chi connectivity index (χ0) is 24.9. The second-order valence-corrected chi connectivity index (χ2v) is 8.30. The van der Waals surface area contributed by atoms with Crippen LogP contribution in [-0.2, 0) is 9.53 Å². The highest BCUT2D eigenvalue weighted by Crippen LogP contribution is 2.40. The number of halogens is 2. The van der Waals surface area contributed by atoms with E-state index in [1.54, 1.807) is 37.6 Å². The maximum atomic E-state index is 13.9. The van der Waals surface area contributed by atoms with Crippen LogP contribution >= 0.6 is 11.6 Å². The van der Waals surface area contributed by atoms with Gasteiger partial charge in [0.15, 0.2) is 11.6 Å². The molecule has 0 saturated carbocycles. The Morgan fingerprint density at radius 2 is 2.06 bits per heavy atom. The van der Waals surface area contributed by atoms with Gasteiger partial charge in [-0.1, -0.05) is 29.8 Å². The Bertz CT molecular complexity index is 1350. The van der Waals surface area contributed by atoms with Gasteiger partial charge in [-0.05, 0) is 31.2 Å². The molecule has 2 heterocycles. The monoisotopic (exact) mass is 498 g/mol. The van der Waals surface area contributed by atoms with Crippen LogP contribution in [0.15, 0.2) is 54.9 Å². The topological polar surface area (TPSA) is 108 Å². The van der Waals surface area contributed by atoms with E-state index in [1.165, 1.54) is 24.4 Å². The quantitative estimate of drug-likeness (QED) is 0.222. The Hall–Kier alpha value is -3.66. The minimum atomic E-state index is -1.13. The van der Waals surface area contributed by atoms with E-state index in [-0.39, 0.29) is 16.8 Å². The summed E-state index contributed by atoms with van der Waals surface area (Å²) in [5.41, 5.74) is 2.45. The van der Waals surface area contributed by atoms with Crippen LogP contribution in [0.4, 0.5) is 15.8 Å². The molecule has 0 spiro atoms. The summed E-state index contributed by atoms with van der Waals surface area (Å²) >= 11 is 6.49. The molecule has 0 saturated heterocycles. The van der Waals surface area contributed by atoms with Gasteiger partial charge in [-0.2, -0.15) is 0 Å². The highest BCUT2D eigenvalue weighted by Gasteiger charge is 2.23. The summed E-state index contributed by atoms with van der Waals surface area (Å²) in [5.74, 6) is -0.109. The first-order valence-electron chi connectivity index (χ1n) is 10.8. The molecule has 2 aromatic heterocycles. The fourth-order valence-corrected chi connectivity index (χ4v) is 4.09. The number of nitrogens with zero attached hydrogens (tertiary/aromatic N) is 1. The summed E-state index contributed by atoms with van der Waals surface area (Å²) < 4.78 is 24.7. The molecule has 4 rings (SSSR count). The molecule has 2 atom stereocenters.